The van der Waals surface area contributed by atoms with E-state index in [1.54, 1.807) is 14.1 Å². The highest BCUT2D eigenvalue weighted by atomic mass is 16.6. The maximum absolute atomic E-state index is 11.6. The van der Waals surface area contributed by atoms with Crippen molar-refractivity contribution in [3.8, 4) is 17.0 Å². The number of amides is 1. The van der Waals surface area contributed by atoms with Crippen molar-refractivity contribution in [2.75, 3.05) is 14.1 Å². The van der Waals surface area contributed by atoms with Gasteiger partial charge in [0.05, 0.1) is 13.2 Å². The molecule has 0 aliphatic carbocycles. The van der Waals surface area contributed by atoms with Gasteiger partial charge in [0.15, 0.2) is 5.69 Å². The summed E-state index contributed by atoms with van der Waals surface area (Å²) in [5.41, 5.74) is 4.52. The molecular formula is C18H20N3O2+. The predicted octanol–water partition coefficient (Wildman–Crippen LogP) is 2.80. The van der Waals surface area contributed by atoms with Gasteiger partial charge in [0, 0.05) is 25.7 Å². The summed E-state index contributed by atoms with van der Waals surface area (Å²) in [5.74, 6) is 0.537. The molecule has 0 spiro atoms. The van der Waals surface area contributed by atoms with Crippen LogP contribution < -0.4 is 9.14 Å². The topological polar surface area (TPSA) is 38.6 Å². The van der Waals surface area contributed by atoms with Gasteiger partial charge in [-0.15, -0.1) is 0 Å². The quantitative estimate of drug-likeness (QED) is 0.683. The first-order valence-corrected chi connectivity index (χ1v) is 7.42. The van der Waals surface area contributed by atoms with E-state index >= 15 is 0 Å². The molecule has 0 saturated carbocycles. The summed E-state index contributed by atoms with van der Waals surface area (Å²) in [6.07, 6.45) is 3.77. The monoisotopic (exact) mass is 310 g/mol. The summed E-state index contributed by atoms with van der Waals surface area (Å²) in [5, 5.41) is 0. The molecule has 23 heavy (non-hydrogen) atoms. The molecule has 0 aliphatic rings. The zero-order valence-electron chi connectivity index (χ0n) is 13.8. The Morgan fingerprint density at radius 3 is 2.52 bits per heavy atom. The Morgan fingerprint density at radius 1 is 1.17 bits per heavy atom. The molecule has 1 amide bonds. The number of hydrogen-bond acceptors (Lipinski definition) is 2. The lowest BCUT2D eigenvalue weighted by Crippen LogP contribution is -2.25. The Labute approximate surface area is 135 Å². The first-order valence-electron chi connectivity index (χ1n) is 7.42. The van der Waals surface area contributed by atoms with E-state index in [1.165, 1.54) is 10.5 Å². The molecule has 3 rings (SSSR count). The molecule has 118 valence electrons. The smallest absolute Gasteiger partial charge is 0.410 e. The summed E-state index contributed by atoms with van der Waals surface area (Å²) in [6, 6.07) is 11.8. The van der Waals surface area contributed by atoms with Crippen molar-refractivity contribution in [3.63, 3.8) is 0 Å². The lowest BCUT2D eigenvalue weighted by molar-refractivity contribution is -0.510. The van der Waals surface area contributed by atoms with E-state index < -0.39 is 0 Å². The van der Waals surface area contributed by atoms with Crippen LogP contribution in [-0.4, -0.2) is 29.7 Å². The Morgan fingerprint density at radius 2 is 1.87 bits per heavy atom. The summed E-state index contributed by atoms with van der Waals surface area (Å²) >= 11 is 0. The zero-order valence-corrected chi connectivity index (χ0v) is 13.8. The number of imidazole rings is 1. The largest absolute Gasteiger partial charge is 0.414 e. The fraction of sp³-hybridized carbons (Fsp3) is 0.222. The Balaban J connectivity index is 1.93. The van der Waals surface area contributed by atoms with Crippen molar-refractivity contribution < 1.29 is 13.9 Å². The molecule has 1 aromatic carbocycles. The molecule has 0 radical (unpaired) electrons. The minimum atomic E-state index is -0.381. The molecule has 2 heterocycles. The molecule has 0 aliphatic heterocycles. The van der Waals surface area contributed by atoms with E-state index in [-0.39, 0.29) is 6.09 Å². The van der Waals surface area contributed by atoms with Crippen LogP contribution in [-0.2, 0) is 7.05 Å². The third-order valence-corrected chi connectivity index (χ3v) is 3.81. The van der Waals surface area contributed by atoms with Crippen molar-refractivity contribution in [2.45, 2.75) is 6.92 Å². The standard InChI is InChI=1S/C18H20N3O2/c1-13-9-10-21-12-16(20(4)17(21)11-13)14-5-7-15(8-6-14)23-18(22)19(2)3/h5-12H,1-4H3/q+1. The highest BCUT2D eigenvalue weighted by Crippen LogP contribution is 2.23. The van der Waals surface area contributed by atoms with E-state index in [1.807, 2.05) is 31.3 Å². The Hall–Kier alpha value is -2.82. The minimum Gasteiger partial charge on any atom is -0.410 e. The fourth-order valence-corrected chi connectivity index (χ4v) is 2.48. The van der Waals surface area contributed by atoms with Gasteiger partial charge in [-0.3, -0.25) is 0 Å². The normalized spacial score (nSPS) is 10.8. The van der Waals surface area contributed by atoms with Crippen molar-refractivity contribution >= 4 is 11.7 Å². The van der Waals surface area contributed by atoms with Crippen molar-refractivity contribution in [1.29, 1.82) is 0 Å². The van der Waals surface area contributed by atoms with Gasteiger partial charge in [0.2, 0.25) is 0 Å². The number of pyridine rings is 1. The second-order valence-electron chi connectivity index (χ2n) is 5.83. The number of ether oxygens (including phenoxy) is 1. The summed E-state index contributed by atoms with van der Waals surface area (Å²) in [7, 11) is 5.36. The number of rotatable bonds is 2. The number of carbonyl (C=O) groups is 1. The van der Waals surface area contributed by atoms with Crippen molar-refractivity contribution in [2.24, 2.45) is 7.05 Å². The zero-order chi connectivity index (χ0) is 16.6. The second kappa shape index (κ2) is 5.76. The number of nitrogens with zero attached hydrogens (tertiary/aromatic N) is 3. The highest BCUT2D eigenvalue weighted by Gasteiger charge is 2.16. The van der Waals surface area contributed by atoms with Crippen LogP contribution in [0.1, 0.15) is 5.56 Å². The fourth-order valence-electron chi connectivity index (χ4n) is 2.48. The average molecular weight is 310 g/mol. The van der Waals surface area contributed by atoms with Gasteiger partial charge >= 0.3 is 6.09 Å². The van der Waals surface area contributed by atoms with E-state index in [0.29, 0.717) is 5.75 Å². The van der Waals surface area contributed by atoms with Gasteiger partial charge in [0.25, 0.3) is 5.65 Å². The second-order valence-corrected chi connectivity index (χ2v) is 5.83. The molecule has 0 N–H and O–H groups in total. The summed E-state index contributed by atoms with van der Waals surface area (Å²) in [6.45, 7) is 2.08. The van der Waals surface area contributed by atoms with Gasteiger partial charge in [-0.25, -0.2) is 13.8 Å². The first-order chi connectivity index (χ1) is 11.0. The van der Waals surface area contributed by atoms with Crippen LogP contribution in [0, 0.1) is 6.92 Å². The van der Waals surface area contributed by atoms with Crippen molar-refractivity contribution in [1.82, 2.24) is 9.47 Å². The van der Waals surface area contributed by atoms with Crippen LogP contribution in [0.3, 0.4) is 0 Å². The summed E-state index contributed by atoms with van der Waals surface area (Å²) in [4.78, 5) is 13.0. The first kappa shape index (κ1) is 15.1. The minimum absolute atomic E-state index is 0.381. The molecular weight excluding hydrogens is 290 g/mol. The number of aryl methyl sites for hydroxylation is 2. The maximum Gasteiger partial charge on any atom is 0.414 e. The van der Waals surface area contributed by atoms with Gasteiger partial charge in [-0.05, 0) is 42.8 Å². The number of aromatic nitrogens is 2. The Kier molecular flexibility index (Phi) is 3.78. The number of benzene rings is 1. The van der Waals surface area contributed by atoms with Gasteiger partial charge in [-0.2, -0.15) is 0 Å². The summed E-state index contributed by atoms with van der Waals surface area (Å²) < 4.78 is 9.49. The lowest BCUT2D eigenvalue weighted by atomic mass is 10.1. The molecule has 0 bridgehead atoms. The van der Waals surface area contributed by atoms with E-state index in [9.17, 15) is 4.79 Å². The molecule has 0 atom stereocenters. The average Bonchev–Trinajstić information content (AvgIpc) is 2.85. The van der Waals surface area contributed by atoms with E-state index in [2.05, 4.69) is 40.4 Å². The Bertz CT molecular complexity index is 864. The number of carbonyl (C=O) groups excluding carboxylic acids is 1. The van der Waals surface area contributed by atoms with Crippen LogP contribution in [0.25, 0.3) is 16.9 Å². The number of hydrogen-bond donors (Lipinski definition) is 0. The van der Waals surface area contributed by atoms with Crippen LogP contribution in [0.2, 0.25) is 0 Å². The molecule has 5 heteroatoms. The molecule has 5 nitrogen and oxygen atoms in total. The number of fused-ring (bicyclic) bond motifs is 1. The molecule has 3 aromatic rings. The van der Waals surface area contributed by atoms with Gasteiger partial charge in [-0.1, -0.05) is 0 Å². The van der Waals surface area contributed by atoms with E-state index in [4.69, 9.17) is 4.74 Å². The van der Waals surface area contributed by atoms with Gasteiger partial charge < -0.3 is 9.64 Å². The van der Waals surface area contributed by atoms with Crippen LogP contribution >= 0.6 is 0 Å². The van der Waals surface area contributed by atoms with Crippen molar-refractivity contribution in [3.05, 3.63) is 54.4 Å². The maximum atomic E-state index is 11.6. The SMILES string of the molecule is Cc1cc[n+]2cc(-c3ccc(OC(=O)N(C)C)cc3)n(C)c2c1. The predicted molar refractivity (Wildman–Crippen MR) is 88.5 cm³/mol. The van der Waals surface area contributed by atoms with E-state index in [0.717, 1.165) is 16.9 Å². The van der Waals surface area contributed by atoms with Gasteiger partial charge in [0.1, 0.15) is 11.9 Å². The molecule has 0 saturated heterocycles. The molecule has 0 fully saturated rings. The highest BCUT2D eigenvalue weighted by molar-refractivity contribution is 5.70. The third-order valence-electron chi connectivity index (χ3n) is 3.81. The lowest BCUT2D eigenvalue weighted by Gasteiger charge is -2.10. The van der Waals surface area contributed by atoms with Crippen LogP contribution in [0.15, 0.2) is 48.8 Å². The third kappa shape index (κ3) is 2.90. The molecule has 0 unspecified atom stereocenters. The molecule has 2 aromatic heterocycles. The van der Waals surface area contributed by atoms with Crippen LogP contribution in [0.4, 0.5) is 4.79 Å². The van der Waals surface area contributed by atoms with Crippen LogP contribution in [0.5, 0.6) is 5.75 Å².